The van der Waals surface area contributed by atoms with Gasteiger partial charge in [0.15, 0.2) is 0 Å². The first kappa shape index (κ1) is 16.1. The van der Waals surface area contributed by atoms with Gasteiger partial charge >= 0.3 is 6.18 Å². The molecular weight excluding hydrogens is 265 g/mol. The topological polar surface area (TPSA) is 26.0 Å². The number of nitrogens with two attached hydrogens (primary N) is 1. The minimum Gasteiger partial charge on any atom is -0.324 e. The second-order valence-corrected chi connectivity index (χ2v) is 3.31. The Morgan fingerprint density at radius 3 is 2.29 bits per heavy atom. The molecule has 1 atom stereocenters. The van der Waals surface area contributed by atoms with Crippen LogP contribution >= 0.6 is 12.4 Å². The van der Waals surface area contributed by atoms with Crippen LogP contribution in [0.25, 0.3) is 0 Å². The molecule has 0 unspecified atom stereocenters. The molecule has 98 valence electrons. The minimum atomic E-state index is -4.69. The average molecular weight is 276 g/mol. The Kier molecular flexibility index (Phi) is 5.84. The van der Waals surface area contributed by atoms with E-state index >= 15 is 0 Å². The smallest absolute Gasteiger partial charge is 0.324 e. The number of hydrogen-bond donors (Lipinski definition) is 1. The zero-order valence-electron chi connectivity index (χ0n) is 8.60. The number of benzene rings is 1. The fourth-order valence-electron chi connectivity index (χ4n) is 1.37. The molecule has 0 heterocycles. The van der Waals surface area contributed by atoms with Gasteiger partial charge in [0.2, 0.25) is 0 Å². The van der Waals surface area contributed by atoms with Gasteiger partial charge in [-0.3, -0.25) is 4.39 Å². The van der Waals surface area contributed by atoms with Crippen LogP contribution in [0.5, 0.6) is 0 Å². The predicted molar refractivity (Wildman–Crippen MR) is 56.2 cm³/mol. The number of alkyl halides is 4. The summed E-state index contributed by atoms with van der Waals surface area (Å²) in [5, 5.41) is 0. The Balaban J connectivity index is 0.00000256. The summed E-state index contributed by atoms with van der Waals surface area (Å²) in [7, 11) is 0. The lowest BCUT2D eigenvalue weighted by molar-refractivity contribution is -0.138. The largest absolute Gasteiger partial charge is 0.416 e. The highest BCUT2D eigenvalue weighted by Crippen LogP contribution is 2.35. The number of hydrogen-bond acceptors (Lipinski definition) is 1. The molecule has 1 aromatic carbocycles. The highest BCUT2D eigenvalue weighted by molar-refractivity contribution is 5.85. The van der Waals surface area contributed by atoms with Crippen LogP contribution in [0.4, 0.5) is 22.0 Å². The van der Waals surface area contributed by atoms with Crippen LogP contribution in [0.1, 0.15) is 23.6 Å². The summed E-state index contributed by atoms with van der Waals surface area (Å²) in [4.78, 5) is 0. The zero-order valence-corrected chi connectivity index (χ0v) is 9.42. The van der Waals surface area contributed by atoms with Crippen LogP contribution in [0.3, 0.4) is 0 Å². The van der Waals surface area contributed by atoms with Gasteiger partial charge in [0.1, 0.15) is 5.82 Å². The molecule has 0 aromatic heterocycles. The van der Waals surface area contributed by atoms with E-state index in [9.17, 15) is 22.0 Å². The van der Waals surface area contributed by atoms with Gasteiger partial charge in [0.05, 0.1) is 12.2 Å². The quantitative estimate of drug-likeness (QED) is 0.838. The van der Waals surface area contributed by atoms with E-state index in [2.05, 4.69) is 0 Å². The van der Waals surface area contributed by atoms with E-state index in [-0.39, 0.29) is 24.4 Å². The molecule has 17 heavy (non-hydrogen) atoms. The van der Waals surface area contributed by atoms with Crippen molar-refractivity contribution in [1.29, 1.82) is 0 Å². The molecule has 1 aromatic rings. The van der Waals surface area contributed by atoms with Crippen molar-refractivity contribution in [2.24, 2.45) is 5.73 Å². The standard InChI is InChI=1S/C10H10F5N.ClH/c11-4-3-9(16)7-2-1-6(12)5-8(7)10(13,14)15;/h1-2,5,9H,3-4,16H2;1H/t9-;/m0./s1. The van der Waals surface area contributed by atoms with E-state index in [0.717, 1.165) is 12.1 Å². The molecule has 0 saturated heterocycles. The minimum absolute atomic E-state index is 0. The lowest BCUT2D eigenvalue weighted by atomic mass is 9.98. The normalized spacial score (nSPS) is 13.1. The zero-order chi connectivity index (χ0) is 12.3. The molecule has 2 N–H and O–H groups in total. The molecule has 0 radical (unpaired) electrons. The molecule has 0 aliphatic carbocycles. The predicted octanol–water partition coefficient (Wildman–Crippen LogP) is 3.63. The van der Waals surface area contributed by atoms with Crippen molar-refractivity contribution in [1.82, 2.24) is 0 Å². The first-order chi connectivity index (χ1) is 7.36. The lowest BCUT2D eigenvalue weighted by Gasteiger charge is -2.17. The van der Waals surface area contributed by atoms with Gasteiger partial charge in [-0.15, -0.1) is 12.4 Å². The van der Waals surface area contributed by atoms with Crippen LogP contribution in [0.2, 0.25) is 0 Å². The average Bonchev–Trinajstić information content (AvgIpc) is 2.16. The van der Waals surface area contributed by atoms with E-state index in [0.29, 0.717) is 6.07 Å². The van der Waals surface area contributed by atoms with E-state index in [4.69, 9.17) is 5.73 Å². The van der Waals surface area contributed by atoms with Crippen molar-refractivity contribution < 1.29 is 22.0 Å². The summed E-state index contributed by atoms with van der Waals surface area (Å²) in [5.74, 6) is -0.997. The first-order valence-corrected chi connectivity index (χ1v) is 4.54. The molecule has 0 aliphatic rings. The Labute approximate surface area is 101 Å². The Morgan fingerprint density at radius 1 is 1.24 bits per heavy atom. The van der Waals surface area contributed by atoms with Crippen molar-refractivity contribution >= 4 is 12.4 Å². The van der Waals surface area contributed by atoms with Gasteiger partial charge in [-0.1, -0.05) is 6.07 Å². The molecule has 0 amide bonds. The van der Waals surface area contributed by atoms with E-state index in [1.807, 2.05) is 0 Å². The van der Waals surface area contributed by atoms with Crippen LogP contribution in [0.15, 0.2) is 18.2 Å². The van der Waals surface area contributed by atoms with Crippen molar-refractivity contribution in [3.8, 4) is 0 Å². The summed E-state index contributed by atoms with van der Waals surface area (Å²) in [6.07, 6.45) is -4.92. The summed E-state index contributed by atoms with van der Waals surface area (Å²) in [6.45, 7) is -0.824. The molecule has 0 aliphatic heterocycles. The molecule has 0 spiro atoms. The van der Waals surface area contributed by atoms with Crippen molar-refractivity contribution in [2.75, 3.05) is 6.67 Å². The Morgan fingerprint density at radius 2 is 1.82 bits per heavy atom. The van der Waals surface area contributed by atoms with Gasteiger partial charge in [-0.05, 0) is 24.1 Å². The highest BCUT2D eigenvalue weighted by atomic mass is 35.5. The van der Waals surface area contributed by atoms with Crippen molar-refractivity contribution in [2.45, 2.75) is 18.6 Å². The van der Waals surface area contributed by atoms with Gasteiger partial charge < -0.3 is 5.73 Å². The third-order valence-corrected chi connectivity index (χ3v) is 2.14. The summed E-state index contributed by atoms with van der Waals surface area (Å²) in [6, 6.07) is 1.11. The third kappa shape index (κ3) is 4.12. The summed E-state index contributed by atoms with van der Waals surface area (Å²) in [5.41, 5.74) is 3.96. The highest BCUT2D eigenvalue weighted by Gasteiger charge is 2.34. The molecular formula is C10H11ClF5N. The van der Waals surface area contributed by atoms with Gasteiger partial charge in [-0.25, -0.2) is 4.39 Å². The van der Waals surface area contributed by atoms with Gasteiger partial charge in [0.25, 0.3) is 0 Å². The van der Waals surface area contributed by atoms with Crippen LogP contribution in [-0.4, -0.2) is 6.67 Å². The Hall–Kier alpha value is -0.880. The maximum Gasteiger partial charge on any atom is 0.416 e. The second-order valence-electron chi connectivity index (χ2n) is 3.31. The molecule has 1 rings (SSSR count). The SMILES string of the molecule is Cl.N[C@@H](CCF)c1ccc(F)cc1C(F)(F)F. The van der Waals surface area contributed by atoms with E-state index in [1.165, 1.54) is 0 Å². The van der Waals surface area contributed by atoms with Crippen molar-refractivity contribution in [3.05, 3.63) is 35.1 Å². The fraction of sp³-hybridized carbons (Fsp3) is 0.400. The fourth-order valence-corrected chi connectivity index (χ4v) is 1.37. The molecule has 0 saturated carbocycles. The number of rotatable bonds is 3. The van der Waals surface area contributed by atoms with Crippen LogP contribution in [-0.2, 0) is 6.18 Å². The van der Waals surface area contributed by atoms with Crippen LogP contribution in [0, 0.1) is 5.82 Å². The number of halogens is 6. The van der Waals surface area contributed by atoms with Gasteiger partial charge in [-0.2, -0.15) is 13.2 Å². The summed E-state index contributed by atoms with van der Waals surface area (Å²) >= 11 is 0. The molecule has 7 heteroatoms. The maximum absolute atomic E-state index is 12.7. The van der Waals surface area contributed by atoms with E-state index < -0.39 is 30.3 Å². The van der Waals surface area contributed by atoms with Gasteiger partial charge in [0, 0.05) is 6.04 Å². The monoisotopic (exact) mass is 275 g/mol. The molecule has 0 bridgehead atoms. The Bertz CT molecular complexity index is 366. The van der Waals surface area contributed by atoms with Crippen molar-refractivity contribution in [3.63, 3.8) is 0 Å². The lowest BCUT2D eigenvalue weighted by Crippen LogP contribution is -2.18. The molecule has 0 fully saturated rings. The van der Waals surface area contributed by atoms with Crippen LogP contribution < -0.4 is 5.73 Å². The maximum atomic E-state index is 12.7. The second kappa shape index (κ2) is 6.16. The molecule has 1 nitrogen and oxygen atoms in total. The third-order valence-electron chi connectivity index (χ3n) is 2.14. The summed E-state index contributed by atoms with van der Waals surface area (Å²) < 4.78 is 62.3. The van der Waals surface area contributed by atoms with E-state index in [1.54, 1.807) is 0 Å². The first-order valence-electron chi connectivity index (χ1n) is 4.54.